The molecule has 0 unspecified atom stereocenters. The fourth-order valence-electron chi connectivity index (χ4n) is 1.99. The van der Waals surface area contributed by atoms with Gasteiger partial charge in [-0.05, 0) is 25.1 Å². The van der Waals surface area contributed by atoms with Crippen molar-refractivity contribution in [1.29, 1.82) is 0 Å². The number of aromatic nitrogens is 1. The van der Waals surface area contributed by atoms with Crippen LogP contribution < -0.4 is 0 Å². The molecule has 1 N–H and O–H groups in total. The molecular weight excluding hydrogens is 242 g/mol. The minimum absolute atomic E-state index is 0.838. The Morgan fingerprint density at radius 1 is 1.00 bits per heavy atom. The van der Waals surface area contributed by atoms with Gasteiger partial charge >= 0.3 is 0 Å². The zero-order valence-electron chi connectivity index (χ0n) is 10.0. The number of hydrogen-bond donors (Lipinski definition) is 1. The molecule has 90 valence electrons. The van der Waals surface area contributed by atoms with E-state index in [1.165, 1.54) is 5.56 Å². The van der Waals surface area contributed by atoms with E-state index in [1.807, 2.05) is 61.7 Å². The van der Waals surface area contributed by atoms with Gasteiger partial charge in [-0.3, -0.25) is 0 Å². The zero-order valence-corrected chi connectivity index (χ0v) is 10.8. The van der Waals surface area contributed by atoms with E-state index in [-0.39, 0.29) is 0 Å². The average molecular weight is 255 g/mol. The molecule has 0 radical (unpaired) electrons. The Bertz CT molecular complexity index is 713. The van der Waals surface area contributed by atoms with Gasteiger partial charge in [0.1, 0.15) is 0 Å². The summed E-state index contributed by atoms with van der Waals surface area (Å²) < 4.78 is 12.5. The second-order valence-electron chi connectivity index (χ2n) is 4.28. The van der Waals surface area contributed by atoms with Crippen LogP contribution in [0.5, 0.6) is 0 Å². The molecule has 1 heterocycles. The predicted octanol–water partition coefficient (Wildman–Crippen LogP) is 3.64. The highest BCUT2D eigenvalue weighted by atomic mass is 32.2. The zero-order chi connectivity index (χ0) is 12.5. The molecule has 3 rings (SSSR count). The van der Waals surface area contributed by atoms with Crippen molar-refractivity contribution in [2.45, 2.75) is 16.7 Å². The van der Waals surface area contributed by atoms with Crippen LogP contribution in [0.25, 0.3) is 10.9 Å². The molecule has 0 saturated heterocycles. The van der Waals surface area contributed by atoms with Crippen LogP contribution >= 0.6 is 0 Å². The van der Waals surface area contributed by atoms with Gasteiger partial charge in [0, 0.05) is 22.0 Å². The highest BCUT2D eigenvalue weighted by molar-refractivity contribution is 7.85. The molecule has 18 heavy (non-hydrogen) atoms. The SMILES string of the molecule is Cc1ccc([S@](=O)c2c[nH]c3ccccc23)cc1. The van der Waals surface area contributed by atoms with Gasteiger partial charge in [-0.1, -0.05) is 35.9 Å². The van der Waals surface area contributed by atoms with Crippen LogP contribution in [-0.2, 0) is 10.8 Å². The number of nitrogens with one attached hydrogen (secondary N) is 1. The molecule has 3 heteroatoms. The fraction of sp³-hybridized carbons (Fsp3) is 0.0667. The minimum Gasteiger partial charge on any atom is -0.360 e. The van der Waals surface area contributed by atoms with Crippen molar-refractivity contribution in [3.05, 3.63) is 60.3 Å². The first kappa shape index (κ1) is 11.2. The normalized spacial score (nSPS) is 12.7. The second-order valence-corrected chi connectivity index (χ2v) is 5.73. The van der Waals surface area contributed by atoms with E-state index in [2.05, 4.69) is 4.98 Å². The Balaban J connectivity index is 2.09. The Hall–Kier alpha value is -1.87. The van der Waals surface area contributed by atoms with Crippen molar-refractivity contribution >= 4 is 21.7 Å². The van der Waals surface area contributed by atoms with Gasteiger partial charge in [0.25, 0.3) is 0 Å². The van der Waals surface area contributed by atoms with Crippen LogP contribution in [-0.4, -0.2) is 9.19 Å². The van der Waals surface area contributed by atoms with Crippen molar-refractivity contribution < 1.29 is 4.21 Å². The monoisotopic (exact) mass is 255 g/mol. The lowest BCUT2D eigenvalue weighted by molar-refractivity contribution is 0.683. The maximum Gasteiger partial charge on any atom is 0.0871 e. The highest BCUT2D eigenvalue weighted by Crippen LogP contribution is 2.25. The largest absolute Gasteiger partial charge is 0.360 e. The lowest BCUT2D eigenvalue weighted by Crippen LogP contribution is -1.91. The van der Waals surface area contributed by atoms with E-state index in [0.29, 0.717) is 0 Å². The third-order valence-corrected chi connectivity index (χ3v) is 4.42. The van der Waals surface area contributed by atoms with Gasteiger partial charge in [0.05, 0.1) is 15.7 Å². The number of fused-ring (bicyclic) bond motifs is 1. The van der Waals surface area contributed by atoms with E-state index in [1.54, 1.807) is 0 Å². The van der Waals surface area contributed by atoms with Crippen molar-refractivity contribution in [3.8, 4) is 0 Å². The summed E-state index contributed by atoms with van der Waals surface area (Å²) in [6, 6.07) is 15.7. The van der Waals surface area contributed by atoms with E-state index in [9.17, 15) is 4.21 Å². The van der Waals surface area contributed by atoms with Crippen molar-refractivity contribution in [1.82, 2.24) is 4.98 Å². The number of H-pyrrole nitrogens is 1. The van der Waals surface area contributed by atoms with E-state index >= 15 is 0 Å². The maximum atomic E-state index is 12.5. The van der Waals surface area contributed by atoms with E-state index < -0.39 is 10.8 Å². The quantitative estimate of drug-likeness (QED) is 0.745. The summed E-state index contributed by atoms with van der Waals surface area (Å²) in [5, 5.41) is 1.02. The molecule has 0 saturated carbocycles. The topological polar surface area (TPSA) is 32.9 Å². The molecule has 1 atom stereocenters. The third kappa shape index (κ3) is 1.87. The predicted molar refractivity (Wildman–Crippen MR) is 74.2 cm³/mol. The fourth-order valence-corrected chi connectivity index (χ4v) is 3.17. The number of rotatable bonds is 2. The molecule has 2 nitrogen and oxygen atoms in total. The van der Waals surface area contributed by atoms with Gasteiger partial charge in [0.15, 0.2) is 0 Å². The number of benzene rings is 2. The summed E-state index contributed by atoms with van der Waals surface area (Å²) in [5.41, 5.74) is 2.20. The lowest BCUT2D eigenvalue weighted by Gasteiger charge is -2.01. The summed E-state index contributed by atoms with van der Waals surface area (Å²) in [4.78, 5) is 4.84. The molecular formula is C15H13NOS. The van der Waals surface area contributed by atoms with Gasteiger partial charge in [-0.15, -0.1) is 0 Å². The lowest BCUT2D eigenvalue weighted by atomic mass is 10.2. The molecule has 0 aliphatic carbocycles. The first-order valence-corrected chi connectivity index (χ1v) is 6.95. The van der Waals surface area contributed by atoms with Crippen LogP contribution in [0.4, 0.5) is 0 Å². The van der Waals surface area contributed by atoms with Crippen LogP contribution in [0.3, 0.4) is 0 Å². The molecule has 2 aromatic carbocycles. The number of aromatic amines is 1. The highest BCUT2D eigenvalue weighted by Gasteiger charge is 2.11. The number of hydrogen-bond acceptors (Lipinski definition) is 1. The van der Waals surface area contributed by atoms with Crippen molar-refractivity contribution in [2.75, 3.05) is 0 Å². The molecule has 0 fully saturated rings. The molecule has 0 aliphatic rings. The van der Waals surface area contributed by atoms with E-state index in [0.717, 1.165) is 20.7 Å². The van der Waals surface area contributed by atoms with Crippen LogP contribution in [0.15, 0.2) is 64.5 Å². The Labute approximate surface area is 108 Å². The van der Waals surface area contributed by atoms with E-state index in [4.69, 9.17) is 0 Å². The number of aryl methyl sites for hydroxylation is 1. The van der Waals surface area contributed by atoms with Crippen LogP contribution in [0.2, 0.25) is 0 Å². The Kier molecular flexibility index (Phi) is 2.76. The summed E-state index contributed by atoms with van der Waals surface area (Å²) in [7, 11) is -1.13. The summed E-state index contributed by atoms with van der Waals surface area (Å²) >= 11 is 0. The van der Waals surface area contributed by atoms with Crippen LogP contribution in [0, 0.1) is 6.92 Å². The third-order valence-electron chi connectivity index (χ3n) is 2.99. The van der Waals surface area contributed by atoms with Gasteiger partial charge < -0.3 is 4.98 Å². The summed E-state index contributed by atoms with van der Waals surface area (Å²) in [6.45, 7) is 2.03. The first-order chi connectivity index (χ1) is 8.75. The molecule has 3 aromatic rings. The standard InChI is InChI=1S/C15H13NOS/c1-11-6-8-12(9-7-11)18(17)15-10-16-14-5-3-2-4-13(14)15/h2-10,16H,1H3/t18-/m0/s1. The Morgan fingerprint density at radius 2 is 1.72 bits per heavy atom. The van der Waals surface area contributed by atoms with Gasteiger partial charge in [-0.2, -0.15) is 0 Å². The van der Waals surface area contributed by atoms with Gasteiger partial charge in [0.2, 0.25) is 0 Å². The first-order valence-electron chi connectivity index (χ1n) is 5.80. The van der Waals surface area contributed by atoms with Crippen LogP contribution in [0.1, 0.15) is 5.56 Å². The average Bonchev–Trinajstić information content (AvgIpc) is 2.82. The maximum absolute atomic E-state index is 12.5. The second kappa shape index (κ2) is 4.42. The molecule has 0 amide bonds. The van der Waals surface area contributed by atoms with Gasteiger partial charge in [-0.25, -0.2) is 4.21 Å². The number of para-hydroxylation sites is 1. The van der Waals surface area contributed by atoms with Crippen molar-refractivity contribution in [3.63, 3.8) is 0 Å². The summed E-state index contributed by atoms with van der Waals surface area (Å²) in [5.74, 6) is 0. The molecule has 0 aliphatic heterocycles. The Morgan fingerprint density at radius 3 is 2.50 bits per heavy atom. The van der Waals surface area contributed by atoms with Crippen molar-refractivity contribution in [2.24, 2.45) is 0 Å². The summed E-state index contributed by atoms with van der Waals surface area (Å²) in [6.07, 6.45) is 1.83. The smallest absolute Gasteiger partial charge is 0.0871 e. The molecule has 1 aromatic heterocycles. The molecule has 0 spiro atoms. The minimum atomic E-state index is -1.13. The molecule has 0 bridgehead atoms.